The van der Waals surface area contributed by atoms with E-state index in [4.69, 9.17) is 6.42 Å². The topological polar surface area (TPSA) is 44.4 Å². The molecule has 0 aromatic heterocycles. The van der Waals surface area contributed by atoms with Crippen LogP contribution < -0.4 is 10.6 Å². The number of hydrogen-bond acceptors (Lipinski definition) is 3. The predicted octanol–water partition coefficient (Wildman–Crippen LogP) is 0.200. The van der Waals surface area contributed by atoms with Crippen molar-refractivity contribution in [2.45, 2.75) is 32.2 Å². The summed E-state index contributed by atoms with van der Waals surface area (Å²) in [7, 11) is 0. The van der Waals surface area contributed by atoms with Gasteiger partial charge in [-0.3, -0.25) is 9.69 Å². The zero-order chi connectivity index (χ0) is 12.7. The molecule has 96 valence electrons. The number of terminal acetylenes is 1. The Balaban J connectivity index is 2.39. The Morgan fingerprint density at radius 1 is 1.47 bits per heavy atom. The van der Waals surface area contributed by atoms with Crippen LogP contribution >= 0.6 is 0 Å². The van der Waals surface area contributed by atoms with Crippen LogP contribution in [0.15, 0.2) is 0 Å². The quantitative estimate of drug-likeness (QED) is 0.530. The maximum atomic E-state index is 12.1. The Bertz CT molecular complexity index is 288. The molecule has 2 N–H and O–H groups in total. The lowest BCUT2D eigenvalue weighted by Gasteiger charge is -2.39. The highest BCUT2D eigenvalue weighted by molar-refractivity contribution is 5.85. The number of piperazine rings is 1. The SMILES string of the molecule is C#CCCCNC(=O)C(C)(C)N1CCNCC1. The van der Waals surface area contributed by atoms with Crippen LogP contribution in [0.3, 0.4) is 0 Å². The van der Waals surface area contributed by atoms with Crippen molar-refractivity contribution in [2.75, 3.05) is 32.7 Å². The fourth-order valence-corrected chi connectivity index (χ4v) is 1.98. The molecule has 1 heterocycles. The zero-order valence-electron chi connectivity index (χ0n) is 10.9. The Morgan fingerprint density at radius 3 is 2.71 bits per heavy atom. The molecule has 0 radical (unpaired) electrons. The number of carbonyl (C=O) groups is 1. The number of rotatable bonds is 5. The van der Waals surface area contributed by atoms with Gasteiger partial charge in [-0.05, 0) is 20.3 Å². The molecule has 0 unspecified atom stereocenters. The van der Waals surface area contributed by atoms with E-state index in [0.717, 1.165) is 32.6 Å². The second-order valence-electron chi connectivity index (χ2n) is 4.86. The predicted molar refractivity (Wildman–Crippen MR) is 69.6 cm³/mol. The van der Waals surface area contributed by atoms with Crippen molar-refractivity contribution in [1.82, 2.24) is 15.5 Å². The first-order valence-electron chi connectivity index (χ1n) is 6.26. The van der Waals surface area contributed by atoms with Crippen molar-refractivity contribution < 1.29 is 4.79 Å². The van der Waals surface area contributed by atoms with Gasteiger partial charge in [0.2, 0.25) is 5.91 Å². The molecule has 0 aromatic rings. The average Bonchev–Trinajstić information content (AvgIpc) is 2.35. The van der Waals surface area contributed by atoms with Gasteiger partial charge in [0.1, 0.15) is 0 Å². The molecule has 0 spiro atoms. The summed E-state index contributed by atoms with van der Waals surface area (Å²) in [5.74, 6) is 2.67. The molecular formula is C13H23N3O. The third-order valence-corrected chi connectivity index (χ3v) is 3.25. The highest BCUT2D eigenvalue weighted by atomic mass is 16.2. The summed E-state index contributed by atoms with van der Waals surface area (Å²) < 4.78 is 0. The van der Waals surface area contributed by atoms with E-state index in [0.29, 0.717) is 13.0 Å². The van der Waals surface area contributed by atoms with Crippen molar-refractivity contribution in [3.8, 4) is 12.3 Å². The third-order valence-electron chi connectivity index (χ3n) is 3.25. The molecule has 17 heavy (non-hydrogen) atoms. The molecule has 0 bridgehead atoms. The Morgan fingerprint density at radius 2 is 2.12 bits per heavy atom. The Labute approximate surface area is 104 Å². The molecule has 1 amide bonds. The van der Waals surface area contributed by atoms with Crippen LogP contribution in [0.25, 0.3) is 0 Å². The van der Waals surface area contributed by atoms with Gasteiger partial charge in [-0.1, -0.05) is 0 Å². The van der Waals surface area contributed by atoms with Crippen LogP contribution in [-0.4, -0.2) is 49.1 Å². The number of amides is 1. The molecule has 1 fully saturated rings. The van der Waals surface area contributed by atoms with E-state index in [1.54, 1.807) is 0 Å². The summed E-state index contributed by atoms with van der Waals surface area (Å²) in [5.41, 5.74) is -0.432. The standard InChI is InChI=1S/C13H23N3O/c1-4-5-6-7-15-12(17)13(2,3)16-10-8-14-9-11-16/h1,14H,5-11H2,2-3H3,(H,15,17). The first kappa shape index (κ1) is 14.0. The van der Waals surface area contributed by atoms with E-state index >= 15 is 0 Å². The Kier molecular flexibility index (Phi) is 5.46. The van der Waals surface area contributed by atoms with Gasteiger partial charge in [0.25, 0.3) is 0 Å². The molecule has 1 saturated heterocycles. The minimum atomic E-state index is -0.432. The van der Waals surface area contributed by atoms with E-state index in [-0.39, 0.29) is 5.91 Å². The third kappa shape index (κ3) is 4.03. The maximum Gasteiger partial charge on any atom is 0.239 e. The summed E-state index contributed by atoms with van der Waals surface area (Å²) in [5, 5.41) is 6.25. The number of nitrogens with zero attached hydrogens (tertiary/aromatic N) is 1. The fourth-order valence-electron chi connectivity index (χ4n) is 1.98. The number of carbonyl (C=O) groups excluding carboxylic acids is 1. The van der Waals surface area contributed by atoms with Crippen LogP contribution in [0.2, 0.25) is 0 Å². The number of hydrogen-bond donors (Lipinski definition) is 2. The normalized spacial score (nSPS) is 17.5. The fraction of sp³-hybridized carbons (Fsp3) is 0.769. The first-order chi connectivity index (χ1) is 8.09. The van der Waals surface area contributed by atoms with Gasteiger partial charge in [0.15, 0.2) is 0 Å². The summed E-state index contributed by atoms with van der Waals surface area (Å²) in [4.78, 5) is 14.3. The van der Waals surface area contributed by atoms with Crippen LogP contribution in [-0.2, 0) is 4.79 Å². The van der Waals surface area contributed by atoms with E-state index in [1.807, 2.05) is 13.8 Å². The average molecular weight is 237 g/mol. The molecule has 0 saturated carbocycles. The lowest BCUT2D eigenvalue weighted by molar-refractivity contribution is -0.132. The number of nitrogens with one attached hydrogen (secondary N) is 2. The molecular weight excluding hydrogens is 214 g/mol. The highest BCUT2D eigenvalue weighted by Gasteiger charge is 2.34. The van der Waals surface area contributed by atoms with Gasteiger partial charge in [-0.25, -0.2) is 0 Å². The molecule has 0 atom stereocenters. The zero-order valence-corrected chi connectivity index (χ0v) is 10.9. The van der Waals surface area contributed by atoms with Gasteiger partial charge < -0.3 is 10.6 Å². The molecule has 1 rings (SSSR count). The van der Waals surface area contributed by atoms with Gasteiger partial charge in [-0.2, -0.15) is 0 Å². The van der Waals surface area contributed by atoms with Crippen molar-refractivity contribution in [3.05, 3.63) is 0 Å². The maximum absolute atomic E-state index is 12.1. The van der Waals surface area contributed by atoms with Crippen molar-refractivity contribution in [2.24, 2.45) is 0 Å². The van der Waals surface area contributed by atoms with Gasteiger partial charge in [0, 0.05) is 39.1 Å². The second kappa shape index (κ2) is 6.63. The van der Waals surface area contributed by atoms with E-state index in [9.17, 15) is 4.79 Å². The molecule has 0 aromatic carbocycles. The molecule has 0 aliphatic carbocycles. The molecule has 4 heteroatoms. The van der Waals surface area contributed by atoms with Crippen LogP contribution in [0.4, 0.5) is 0 Å². The highest BCUT2D eigenvalue weighted by Crippen LogP contribution is 2.15. The van der Waals surface area contributed by atoms with Crippen LogP contribution in [0.5, 0.6) is 0 Å². The largest absolute Gasteiger partial charge is 0.354 e. The summed E-state index contributed by atoms with van der Waals surface area (Å²) >= 11 is 0. The van der Waals surface area contributed by atoms with Crippen LogP contribution in [0, 0.1) is 12.3 Å². The summed E-state index contributed by atoms with van der Waals surface area (Å²) in [6.45, 7) is 8.37. The molecule has 1 aliphatic rings. The lowest BCUT2D eigenvalue weighted by Crippen LogP contribution is -2.60. The Hall–Kier alpha value is -1.05. The number of unbranched alkanes of at least 4 members (excludes halogenated alkanes) is 1. The lowest BCUT2D eigenvalue weighted by atomic mass is 10.0. The first-order valence-corrected chi connectivity index (χ1v) is 6.26. The van der Waals surface area contributed by atoms with Gasteiger partial charge in [0.05, 0.1) is 5.54 Å². The van der Waals surface area contributed by atoms with Crippen molar-refractivity contribution >= 4 is 5.91 Å². The molecule has 4 nitrogen and oxygen atoms in total. The van der Waals surface area contributed by atoms with E-state index in [2.05, 4.69) is 21.5 Å². The minimum absolute atomic E-state index is 0.0939. The van der Waals surface area contributed by atoms with E-state index < -0.39 is 5.54 Å². The summed E-state index contributed by atoms with van der Waals surface area (Å²) in [6.07, 6.45) is 6.73. The van der Waals surface area contributed by atoms with Gasteiger partial charge in [-0.15, -0.1) is 12.3 Å². The van der Waals surface area contributed by atoms with Gasteiger partial charge >= 0.3 is 0 Å². The van der Waals surface area contributed by atoms with E-state index in [1.165, 1.54) is 0 Å². The van der Waals surface area contributed by atoms with Crippen molar-refractivity contribution in [3.63, 3.8) is 0 Å². The van der Waals surface area contributed by atoms with Crippen molar-refractivity contribution in [1.29, 1.82) is 0 Å². The minimum Gasteiger partial charge on any atom is -0.354 e. The second-order valence-corrected chi connectivity index (χ2v) is 4.86. The monoisotopic (exact) mass is 237 g/mol. The summed E-state index contributed by atoms with van der Waals surface area (Å²) in [6, 6.07) is 0. The smallest absolute Gasteiger partial charge is 0.239 e. The molecule has 1 aliphatic heterocycles. The van der Waals surface area contributed by atoms with Crippen LogP contribution in [0.1, 0.15) is 26.7 Å².